The second-order valence-electron chi connectivity index (χ2n) is 4.43. The summed E-state index contributed by atoms with van der Waals surface area (Å²) < 4.78 is 4.69. The van der Waals surface area contributed by atoms with E-state index in [9.17, 15) is 4.79 Å². The van der Waals surface area contributed by atoms with Crippen LogP contribution >= 0.6 is 11.3 Å². The molecule has 0 spiro atoms. The van der Waals surface area contributed by atoms with E-state index >= 15 is 0 Å². The molecule has 0 radical (unpaired) electrons. The lowest BCUT2D eigenvalue weighted by molar-refractivity contribution is -0.112. The van der Waals surface area contributed by atoms with Crippen LogP contribution in [0.1, 0.15) is 18.2 Å². The summed E-state index contributed by atoms with van der Waals surface area (Å²) in [6.45, 7) is 1.96. The van der Waals surface area contributed by atoms with E-state index in [1.54, 1.807) is 29.5 Å². The largest absolute Gasteiger partial charge is 0.320 e. The molecule has 0 unspecified atom stereocenters. The highest BCUT2D eigenvalue weighted by Gasteiger charge is 2.12. The molecule has 2 aromatic heterocycles. The fraction of sp³-hybridized carbons (Fsp3) is 0.133. The van der Waals surface area contributed by atoms with Crippen LogP contribution in [0.2, 0.25) is 0 Å². The van der Waals surface area contributed by atoms with E-state index in [1.807, 2.05) is 30.5 Å². The first kappa shape index (κ1) is 13.5. The molecule has 6 heteroatoms. The third-order valence-electron chi connectivity index (χ3n) is 3.07. The van der Waals surface area contributed by atoms with Crippen molar-refractivity contribution < 1.29 is 9.42 Å². The number of aromatic nitrogens is 2. The first-order valence-electron chi connectivity index (χ1n) is 6.54. The molecule has 21 heavy (non-hydrogen) atoms. The second kappa shape index (κ2) is 5.88. The van der Waals surface area contributed by atoms with Gasteiger partial charge in [-0.2, -0.15) is 0 Å². The van der Waals surface area contributed by atoms with Crippen molar-refractivity contribution >= 4 is 40.0 Å². The van der Waals surface area contributed by atoms with Gasteiger partial charge in [0, 0.05) is 10.5 Å². The second-order valence-corrected chi connectivity index (χ2v) is 5.41. The van der Waals surface area contributed by atoms with E-state index in [0.29, 0.717) is 28.7 Å². The van der Waals surface area contributed by atoms with E-state index in [0.717, 1.165) is 4.88 Å². The maximum absolute atomic E-state index is 12.4. The van der Waals surface area contributed by atoms with Crippen LogP contribution in [0.15, 0.2) is 45.9 Å². The molecule has 1 N–H and O–H groups in total. The van der Waals surface area contributed by atoms with E-state index in [-0.39, 0.29) is 5.91 Å². The summed E-state index contributed by atoms with van der Waals surface area (Å²) >= 11 is 1.60. The SMILES string of the molecule is CCC(=Cc1cccs1)C(=O)Nc1cccc2nonc12. The van der Waals surface area contributed by atoms with Crippen LogP contribution in [0, 0.1) is 0 Å². The number of nitrogens with one attached hydrogen (secondary N) is 1. The molecule has 0 aliphatic carbocycles. The van der Waals surface area contributed by atoms with E-state index < -0.39 is 0 Å². The molecule has 5 nitrogen and oxygen atoms in total. The lowest BCUT2D eigenvalue weighted by atomic mass is 10.1. The number of amides is 1. The monoisotopic (exact) mass is 299 g/mol. The summed E-state index contributed by atoms with van der Waals surface area (Å²) in [7, 11) is 0. The summed E-state index contributed by atoms with van der Waals surface area (Å²) in [6, 6.07) is 9.31. The van der Waals surface area contributed by atoms with Crippen molar-refractivity contribution in [2.45, 2.75) is 13.3 Å². The first-order valence-corrected chi connectivity index (χ1v) is 7.42. The summed E-state index contributed by atoms with van der Waals surface area (Å²) in [5.41, 5.74) is 2.49. The molecule has 106 valence electrons. The van der Waals surface area contributed by atoms with E-state index in [2.05, 4.69) is 15.6 Å². The number of benzene rings is 1. The van der Waals surface area contributed by atoms with Gasteiger partial charge in [-0.05, 0) is 46.4 Å². The number of nitrogens with zero attached hydrogens (tertiary/aromatic N) is 2. The lowest BCUT2D eigenvalue weighted by Gasteiger charge is -2.07. The highest BCUT2D eigenvalue weighted by Crippen LogP contribution is 2.21. The zero-order chi connectivity index (χ0) is 14.7. The smallest absolute Gasteiger partial charge is 0.251 e. The lowest BCUT2D eigenvalue weighted by Crippen LogP contribution is -2.14. The average Bonchev–Trinajstić information content (AvgIpc) is 3.16. The molecule has 0 saturated carbocycles. The van der Waals surface area contributed by atoms with Gasteiger partial charge >= 0.3 is 0 Å². The fourth-order valence-electron chi connectivity index (χ4n) is 1.98. The number of carbonyl (C=O) groups is 1. The Balaban J connectivity index is 1.86. The molecule has 0 aliphatic heterocycles. The topological polar surface area (TPSA) is 68.0 Å². The summed E-state index contributed by atoms with van der Waals surface area (Å²) in [5.74, 6) is -0.138. The van der Waals surface area contributed by atoms with Crippen molar-refractivity contribution in [1.29, 1.82) is 0 Å². The molecule has 3 aromatic rings. The Morgan fingerprint density at radius 1 is 1.33 bits per heavy atom. The molecule has 0 fully saturated rings. The maximum Gasteiger partial charge on any atom is 0.251 e. The number of hydrogen-bond acceptors (Lipinski definition) is 5. The number of thiophene rings is 1. The molecule has 0 saturated heterocycles. The Morgan fingerprint density at radius 2 is 2.24 bits per heavy atom. The molecular weight excluding hydrogens is 286 g/mol. The van der Waals surface area contributed by atoms with Crippen molar-refractivity contribution in [2.24, 2.45) is 0 Å². The molecule has 1 amide bonds. The number of rotatable bonds is 4. The van der Waals surface area contributed by atoms with Crippen molar-refractivity contribution in [3.8, 4) is 0 Å². The van der Waals surface area contributed by atoms with Crippen LogP contribution in [0.3, 0.4) is 0 Å². The number of anilines is 1. The van der Waals surface area contributed by atoms with Crippen LogP contribution in [0.25, 0.3) is 17.1 Å². The van der Waals surface area contributed by atoms with Crippen LogP contribution in [-0.2, 0) is 4.79 Å². The minimum absolute atomic E-state index is 0.138. The highest BCUT2D eigenvalue weighted by molar-refractivity contribution is 7.10. The Bertz CT molecular complexity index is 790. The van der Waals surface area contributed by atoms with Gasteiger partial charge in [-0.25, -0.2) is 4.63 Å². The van der Waals surface area contributed by atoms with Gasteiger partial charge in [0.05, 0.1) is 5.69 Å². The Morgan fingerprint density at radius 3 is 3.00 bits per heavy atom. The molecule has 1 aromatic carbocycles. The van der Waals surface area contributed by atoms with Crippen LogP contribution in [0.4, 0.5) is 5.69 Å². The van der Waals surface area contributed by atoms with Gasteiger partial charge < -0.3 is 5.32 Å². The summed E-state index contributed by atoms with van der Waals surface area (Å²) in [4.78, 5) is 13.4. The minimum Gasteiger partial charge on any atom is -0.320 e. The third kappa shape index (κ3) is 2.85. The van der Waals surface area contributed by atoms with E-state index in [4.69, 9.17) is 4.63 Å². The molecule has 0 bridgehead atoms. The Kier molecular flexibility index (Phi) is 3.79. The Hall–Kier alpha value is -2.47. The normalized spacial score (nSPS) is 11.8. The quantitative estimate of drug-likeness (QED) is 0.746. The Labute approximate surface area is 125 Å². The average molecular weight is 299 g/mol. The van der Waals surface area contributed by atoms with Gasteiger partial charge in [0.25, 0.3) is 5.91 Å². The summed E-state index contributed by atoms with van der Waals surface area (Å²) in [6.07, 6.45) is 2.55. The molecule has 3 rings (SSSR count). The van der Waals surface area contributed by atoms with Gasteiger partial charge in [-0.3, -0.25) is 4.79 Å². The highest BCUT2D eigenvalue weighted by atomic mass is 32.1. The summed E-state index contributed by atoms with van der Waals surface area (Å²) in [5, 5.41) is 12.4. The molecule has 0 atom stereocenters. The van der Waals surface area contributed by atoms with Crippen molar-refractivity contribution in [3.05, 3.63) is 46.2 Å². The van der Waals surface area contributed by atoms with Crippen LogP contribution in [0.5, 0.6) is 0 Å². The first-order chi connectivity index (χ1) is 10.3. The molecule has 0 aliphatic rings. The maximum atomic E-state index is 12.4. The molecule has 2 heterocycles. The van der Waals surface area contributed by atoms with Crippen molar-refractivity contribution in [3.63, 3.8) is 0 Å². The van der Waals surface area contributed by atoms with Gasteiger partial charge in [0.15, 0.2) is 5.52 Å². The number of carbonyl (C=O) groups excluding carboxylic acids is 1. The van der Waals surface area contributed by atoms with Gasteiger partial charge in [0.1, 0.15) is 5.52 Å². The van der Waals surface area contributed by atoms with E-state index in [1.165, 1.54) is 0 Å². The van der Waals surface area contributed by atoms with Gasteiger partial charge in [0.2, 0.25) is 0 Å². The third-order valence-corrected chi connectivity index (χ3v) is 3.89. The fourth-order valence-corrected chi connectivity index (χ4v) is 2.66. The zero-order valence-corrected chi connectivity index (χ0v) is 12.2. The number of fused-ring (bicyclic) bond motifs is 1. The van der Waals surface area contributed by atoms with Gasteiger partial charge in [-0.15, -0.1) is 11.3 Å². The standard InChI is InChI=1S/C15H13N3O2S/c1-2-10(9-11-5-4-8-21-11)15(19)16-12-6-3-7-13-14(12)18-20-17-13/h3-9H,2H2,1H3,(H,16,19). The van der Waals surface area contributed by atoms with Crippen LogP contribution in [-0.4, -0.2) is 16.2 Å². The molecular formula is C15H13N3O2S. The predicted octanol–water partition coefficient (Wildman–Crippen LogP) is 3.72. The van der Waals surface area contributed by atoms with Crippen molar-refractivity contribution in [2.75, 3.05) is 5.32 Å². The van der Waals surface area contributed by atoms with Gasteiger partial charge in [-0.1, -0.05) is 19.1 Å². The van der Waals surface area contributed by atoms with Crippen molar-refractivity contribution in [1.82, 2.24) is 10.3 Å². The zero-order valence-electron chi connectivity index (χ0n) is 11.4. The number of hydrogen-bond donors (Lipinski definition) is 1. The minimum atomic E-state index is -0.138. The van der Waals surface area contributed by atoms with Crippen LogP contribution < -0.4 is 5.32 Å². The predicted molar refractivity (Wildman–Crippen MR) is 83.0 cm³/mol.